The molecule has 1 aliphatic heterocycles. The maximum Gasteiger partial charge on any atom is 0.255 e. The highest BCUT2D eigenvalue weighted by Crippen LogP contribution is 2.24. The number of carbonyl (C=O) groups is 1. The Kier molecular flexibility index (Phi) is 3.30. The third-order valence-electron chi connectivity index (χ3n) is 3.68. The minimum Gasteiger partial charge on any atom is -0.398 e. The fourth-order valence-corrected chi connectivity index (χ4v) is 2.23. The average molecular weight is 248 g/mol. The molecule has 0 spiro atoms. The third kappa shape index (κ3) is 2.48. The Bertz CT molecular complexity index is 459. The first kappa shape index (κ1) is 12.9. The first-order chi connectivity index (χ1) is 8.41. The summed E-state index contributed by atoms with van der Waals surface area (Å²) in [5.74, 6) is -0.0355. The van der Waals surface area contributed by atoms with Gasteiger partial charge in [0.2, 0.25) is 0 Å². The molecular formula is C14H20N2O2. The van der Waals surface area contributed by atoms with Gasteiger partial charge < -0.3 is 15.7 Å². The minimum absolute atomic E-state index is 0.0355. The van der Waals surface area contributed by atoms with Crippen LogP contribution in [0.15, 0.2) is 18.2 Å². The quantitative estimate of drug-likeness (QED) is 0.741. The van der Waals surface area contributed by atoms with Crippen LogP contribution < -0.4 is 5.73 Å². The molecule has 1 aromatic carbocycles. The molecule has 1 aliphatic rings. The average Bonchev–Trinajstić information content (AvgIpc) is 2.32. The van der Waals surface area contributed by atoms with E-state index in [1.807, 2.05) is 26.0 Å². The number of para-hydroxylation sites is 1. The van der Waals surface area contributed by atoms with Gasteiger partial charge in [-0.15, -0.1) is 0 Å². The Morgan fingerprint density at radius 2 is 2.00 bits per heavy atom. The normalized spacial score (nSPS) is 18.7. The topological polar surface area (TPSA) is 66.6 Å². The lowest BCUT2D eigenvalue weighted by Gasteiger charge is -2.36. The van der Waals surface area contributed by atoms with Crippen LogP contribution in [0.2, 0.25) is 0 Å². The summed E-state index contributed by atoms with van der Waals surface area (Å²) in [5, 5.41) is 9.88. The van der Waals surface area contributed by atoms with Crippen LogP contribution in [0.1, 0.15) is 35.7 Å². The first-order valence-corrected chi connectivity index (χ1v) is 6.27. The number of hydrogen-bond acceptors (Lipinski definition) is 3. The van der Waals surface area contributed by atoms with Crippen molar-refractivity contribution in [2.45, 2.75) is 32.3 Å². The lowest BCUT2D eigenvalue weighted by Crippen LogP contribution is -2.45. The Labute approximate surface area is 107 Å². The molecule has 2 rings (SSSR count). The SMILES string of the molecule is Cc1cccc(C(=O)N2CCC(C)(O)CC2)c1N. The van der Waals surface area contributed by atoms with Gasteiger partial charge >= 0.3 is 0 Å². The van der Waals surface area contributed by atoms with Crippen molar-refractivity contribution < 1.29 is 9.90 Å². The first-order valence-electron chi connectivity index (χ1n) is 6.27. The number of aliphatic hydroxyl groups is 1. The van der Waals surface area contributed by atoms with Gasteiger partial charge in [-0.2, -0.15) is 0 Å². The van der Waals surface area contributed by atoms with Crippen molar-refractivity contribution in [1.29, 1.82) is 0 Å². The molecule has 0 bridgehead atoms. The number of benzene rings is 1. The minimum atomic E-state index is -0.644. The summed E-state index contributed by atoms with van der Waals surface area (Å²) in [5.41, 5.74) is 7.35. The highest BCUT2D eigenvalue weighted by atomic mass is 16.3. The molecule has 98 valence electrons. The fraction of sp³-hybridized carbons (Fsp3) is 0.500. The van der Waals surface area contributed by atoms with Gasteiger partial charge in [-0.25, -0.2) is 0 Å². The summed E-state index contributed by atoms with van der Waals surface area (Å²) >= 11 is 0. The number of rotatable bonds is 1. The van der Waals surface area contributed by atoms with Gasteiger partial charge in [0, 0.05) is 18.8 Å². The molecule has 0 aromatic heterocycles. The van der Waals surface area contributed by atoms with E-state index in [1.165, 1.54) is 0 Å². The highest BCUT2D eigenvalue weighted by molar-refractivity contribution is 5.99. The molecular weight excluding hydrogens is 228 g/mol. The van der Waals surface area contributed by atoms with E-state index in [4.69, 9.17) is 5.73 Å². The number of nitrogen functional groups attached to an aromatic ring is 1. The molecule has 1 aromatic rings. The Hall–Kier alpha value is -1.55. The predicted octanol–water partition coefficient (Wildman–Crippen LogP) is 1.56. The number of hydrogen-bond donors (Lipinski definition) is 2. The summed E-state index contributed by atoms with van der Waals surface area (Å²) in [7, 11) is 0. The van der Waals surface area contributed by atoms with Crippen molar-refractivity contribution >= 4 is 11.6 Å². The fourth-order valence-electron chi connectivity index (χ4n) is 2.23. The number of carbonyl (C=O) groups excluding carboxylic acids is 1. The predicted molar refractivity (Wildman–Crippen MR) is 71.4 cm³/mol. The lowest BCUT2D eigenvalue weighted by atomic mass is 9.93. The van der Waals surface area contributed by atoms with E-state index >= 15 is 0 Å². The Morgan fingerprint density at radius 1 is 1.39 bits per heavy atom. The van der Waals surface area contributed by atoms with Crippen LogP contribution >= 0.6 is 0 Å². The molecule has 0 radical (unpaired) electrons. The third-order valence-corrected chi connectivity index (χ3v) is 3.68. The van der Waals surface area contributed by atoms with E-state index in [0.717, 1.165) is 5.56 Å². The van der Waals surface area contributed by atoms with E-state index in [-0.39, 0.29) is 5.91 Å². The van der Waals surface area contributed by atoms with Crippen LogP contribution in [0.5, 0.6) is 0 Å². The number of likely N-dealkylation sites (tertiary alicyclic amines) is 1. The molecule has 4 heteroatoms. The number of nitrogens with two attached hydrogens (primary N) is 1. The number of anilines is 1. The van der Waals surface area contributed by atoms with Gasteiger partial charge in [0.25, 0.3) is 5.91 Å². The number of nitrogens with zero attached hydrogens (tertiary/aromatic N) is 1. The van der Waals surface area contributed by atoms with E-state index < -0.39 is 5.60 Å². The summed E-state index contributed by atoms with van der Waals surface area (Å²) < 4.78 is 0. The molecule has 1 fully saturated rings. The molecule has 1 saturated heterocycles. The van der Waals surface area contributed by atoms with E-state index in [9.17, 15) is 9.90 Å². The number of amides is 1. The van der Waals surface area contributed by atoms with Crippen LogP contribution in [-0.4, -0.2) is 34.6 Å². The van der Waals surface area contributed by atoms with Crippen molar-refractivity contribution in [3.63, 3.8) is 0 Å². The second-order valence-electron chi connectivity index (χ2n) is 5.33. The summed E-state index contributed by atoms with van der Waals surface area (Å²) in [6, 6.07) is 5.50. The zero-order valence-electron chi connectivity index (χ0n) is 10.9. The van der Waals surface area contributed by atoms with Gasteiger partial charge in [0.1, 0.15) is 0 Å². The zero-order valence-corrected chi connectivity index (χ0v) is 10.9. The second kappa shape index (κ2) is 4.61. The van der Waals surface area contributed by atoms with Gasteiger partial charge in [0.15, 0.2) is 0 Å². The van der Waals surface area contributed by atoms with Crippen molar-refractivity contribution in [3.05, 3.63) is 29.3 Å². The van der Waals surface area contributed by atoms with Crippen LogP contribution in [0.25, 0.3) is 0 Å². The van der Waals surface area contributed by atoms with Crippen molar-refractivity contribution in [2.75, 3.05) is 18.8 Å². The maximum atomic E-state index is 12.3. The summed E-state index contributed by atoms with van der Waals surface area (Å²) in [4.78, 5) is 14.1. The molecule has 0 aliphatic carbocycles. The molecule has 18 heavy (non-hydrogen) atoms. The number of aryl methyl sites for hydroxylation is 1. The number of piperidine rings is 1. The second-order valence-corrected chi connectivity index (χ2v) is 5.33. The molecule has 0 atom stereocenters. The van der Waals surface area contributed by atoms with E-state index in [2.05, 4.69) is 0 Å². The van der Waals surface area contributed by atoms with Gasteiger partial charge in [-0.3, -0.25) is 4.79 Å². The molecule has 3 N–H and O–H groups in total. The lowest BCUT2D eigenvalue weighted by molar-refractivity contribution is -0.00199. The molecule has 1 heterocycles. The zero-order chi connectivity index (χ0) is 13.3. The largest absolute Gasteiger partial charge is 0.398 e. The monoisotopic (exact) mass is 248 g/mol. The van der Waals surface area contributed by atoms with Crippen molar-refractivity contribution in [1.82, 2.24) is 4.90 Å². The van der Waals surface area contributed by atoms with Crippen LogP contribution in [0.4, 0.5) is 5.69 Å². The van der Waals surface area contributed by atoms with E-state index in [0.29, 0.717) is 37.2 Å². The van der Waals surface area contributed by atoms with E-state index in [1.54, 1.807) is 11.0 Å². The molecule has 0 saturated carbocycles. The van der Waals surface area contributed by atoms with Gasteiger partial charge in [-0.1, -0.05) is 12.1 Å². The summed E-state index contributed by atoms with van der Waals surface area (Å²) in [6.45, 7) is 4.88. The Morgan fingerprint density at radius 3 is 2.61 bits per heavy atom. The van der Waals surface area contributed by atoms with Crippen LogP contribution in [0.3, 0.4) is 0 Å². The Balaban J connectivity index is 2.15. The van der Waals surface area contributed by atoms with Crippen molar-refractivity contribution in [3.8, 4) is 0 Å². The maximum absolute atomic E-state index is 12.3. The van der Waals surface area contributed by atoms with Crippen LogP contribution in [-0.2, 0) is 0 Å². The smallest absolute Gasteiger partial charge is 0.255 e. The summed E-state index contributed by atoms with van der Waals surface area (Å²) in [6.07, 6.45) is 1.23. The van der Waals surface area contributed by atoms with Gasteiger partial charge in [-0.05, 0) is 38.3 Å². The molecule has 1 amide bonds. The standard InChI is InChI=1S/C14H20N2O2/c1-10-4-3-5-11(12(10)15)13(17)16-8-6-14(2,18)7-9-16/h3-5,18H,6-9,15H2,1-2H3. The molecule has 4 nitrogen and oxygen atoms in total. The molecule has 0 unspecified atom stereocenters. The van der Waals surface area contributed by atoms with Gasteiger partial charge in [0.05, 0.1) is 11.2 Å². The van der Waals surface area contributed by atoms with Crippen LogP contribution in [0, 0.1) is 6.92 Å². The highest BCUT2D eigenvalue weighted by Gasteiger charge is 2.30. The van der Waals surface area contributed by atoms with Crippen molar-refractivity contribution in [2.24, 2.45) is 0 Å².